The molecule has 0 radical (unpaired) electrons. The zero-order valence-electron chi connectivity index (χ0n) is 14.1. The summed E-state index contributed by atoms with van der Waals surface area (Å²) >= 11 is 0. The minimum atomic E-state index is 0.316. The first-order valence-electron chi connectivity index (χ1n) is 8.47. The van der Waals surface area contributed by atoms with Crippen LogP contribution in [0.1, 0.15) is 48.9 Å². The van der Waals surface area contributed by atoms with Gasteiger partial charge < -0.3 is 14.8 Å². The van der Waals surface area contributed by atoms with Crippen LogP contribution in [-0.2, 0) is 13.0 Å². The van der Waals surface area contributed by atoms with Crippen LogP contribution < -0.4 is 14.8 Å². The molecule has 4 heteroatoms. The van der Waals surface area contributed by atoms with Crippen LogP contribution in [-0.4, -0.2) is 38.8 Å². The smallest absolute Gasteiger partial charge is 0.127 e. The number of benzene rings is 1. The number of rotatable bonds is 4. The number of nitrogens with zero attached hydrogens (tertiary/aromatic N) is 1. The Morgan fingerprint density at radius 3 is 2.64 bits per heavy atom. The Hall–Kier alpha value is -1.26. The highest BCUT2D eigenvalue weighted by molar-refractivity contribution is 5.56. The van der Waals surface area contributed by atoms with Gasteiger partial charge in [-0.25, -0.2) is 0 Å². The molecule has 0 bridgehead atoms. The number of methoxy groups -OCH3 is 2. The third-order valence-electron chi connectivity index (χ3n) is 4.99. The summed E-state index contributed by atoms with van der Waals surface area (Å²) in [6.07, 6.45) is 4.99. The van der Waals surface area contributed by atoms with Crippen LogP contribution in [0.2, 0.25) is 0 Å². The van der Waals surface area contributed by atoms with Gasteiger partial charge in [-0.2, -0.15) is 0 Å². The molecule has 1 unspecified atom stereocenters. The highest BCUT2D eigenvalue weighted by Crippen LogP contribution is 2.40. The van der Waals surface area contributed by atoms with Gasteiger partial charge in [0.2, 0.25) is 0 Å². The average Bonchev–Trinajstić information content (AvgIpc) is 2.55. The van der Waals surface area contributed by atoms with Gasteiger partial charge in [-0.15, -0.1) is 0 Å². The third kappa shape index (κ3) is 2.95. The van der Waals surface area contributed by atoms with Gasteiger partial charge in [0.25, 0.3) is 0 Å². The molecule has 0 aromatic heterocycles. The van der Waals surface area contributed by atoms with Crippen LogP contribution in [0.25, 0.3) is 0 Å². The summed E-state index contributed by atoms with van der Waals surface area (Å²) in [4.78, 5) is 2.54. The Labute approximate surface area is 133 Å². The predicted octanol–water partition coefficient (Wildman–Crippen LogP) is 2.90. The second-order valence-corrected chi connectivity index (χ2v) is 6.43. The molecule has 0 aliphatic carbocycles. The first-order valence-corrected chi connectivity index (χ1v) is 8.47. The van der Waals surface area contributed by atoms with Gasteiger partial charge in [0.05, 0.1) is 14.2 Å². The number of likely N-dealkylation sites (tertiary alicyclic amines) is 1. The highest BCUT2D eigenvalue weighted by atomic mass is 16.5. The molecule has 0 saturated carbocycles. The summed E-state index contributed by atoms with van der Waals surface area (Å²) in [5.41, 5.74) is 3.88. The van der Waals surface area contributed by atoms with Crippen LogP contribution in [0, 0.1) is 0 Å². The van der Waals surface area contributed by atoms with Crippen LogP contribution in [0.3, 0.4) is 0 Å². The van der Waals surface area contributed by atoms with Gasteiger partial charge in [-0.3, -0.25) is 4.90 Å². The van der Waals surface area contributed by atoms with Crippen LogP contribution in [0.5, 0.6) is 11.5 Å². The Balaban J connectivity index is 1.98. The molecule has 0 spiro atoms. The SMILES string of the molecule is COc1cc(CN2CCCCC2)c(OC)c2c1C(C)NCC2. The van der Waals surface area contributed by atoms with Crippen molar-refractivity contribution in [3.63, 3.8) is 0 Å². The van der Waals surface area contributed by atoms with Gasteiger partial charge in [0.1, 0.15) is 11.5 Å². The lowest BCUT2D eigenvalue weighted by molar-refractivity contribution is 0.217. The Kier molecular flexibility index (Phi) is 4.89. The van der Waals surface area contributed by atoms with E-state index in [1.54, 1.807) is 14.2 Å². The Morgan fingerprint density at radius 1 is 1.18 bits per heavy atom. The molecular weight excluding hydrogens is 276 g/mol. The standard InChI is InChI=1S/C18H28N2O2/c1-13-17-15(7-8-19-13)18(22-3)14(11-16(17)21-2)12-20-9-5-4-6-10-20/h11,13,19H,4-10,12H2,1-3H3. The van der Waals surface area contributed by atoms with Gasteiger partial charge in [-0.1, -0.05) is 6.42 Å². The number of nitrogens with one attached hydrogen (secondary N) is 1. The lowest BCUT2D eigenvalue weighted by Crippen LogP contribution is -2.31. The van der Waals surface area contributed by atoms with Crippen LogP contribution in [0.15, 0.2) is 6.07 Å². The van der Waals surface area contributed by atoms with E-state index in [9.17, 15) is 0 Å². The fourth-order valence-electron chi connectivity index (χ4n) is 3.90. The van der Waals surface area contributed by atoms with Crippen LogP contribution >= 0.6 is 0 Å². The molecule has 0 amide bonds. The van der Waals surface area contributed by atoms with E-state index in [1.807, 2.05) is 0 Å². The van der Waals surface area contributed by atoms with E-state index in [-0.39, 0.29) is 0 Å². The minimum Gasteiger partial charge on any atom is -0.496 e. The lowest BCUT2D eigenvalue weighted by Gasteiger charge is -2.31. The molecule has 1 aromatic carbocycles. The number of hydrogen-bond acceptors (Lipinski definition) is 4. The van der Waals surface area contributed by atoms with E-state index in [4.69, 9.17) is 9.47 Å². The number of fused-ring (bicyclic) bond motifs is 1. The Bertz CT molecular complexity index is 524. The van der Waals surface area contributed by atoms with E-state index >= 15 is 0 Å². The second kappa shape index (κ2) is 6.88. The lowest BCUT2D eigenvalue weighted by atomic mass is 9.90. The summed E-state index contributed by atoms with van der Waals surface area (Å²) in [7, 11) is 3.57. The molecule has 22 heavy (non-hydrogen) atoms. The normalized spacial score (nSPS) is 22.2. The molecule has 4 nitrogen and oxygen atoms in total. The van der Waals surface area contributed by atoms with Crippen molar-refractivity contribution >= 4 is 0 Å². The molecule has 2 aliphatic rings. The molecule has 2 heterocycles. The highest BCUT2D eigenvalue weighted by Gasteiger charge is 2.26. The third-order valence-corrected chi connectivity index (χ3v) is 4.99. The maximum absolute atomic E-state index is 5.82. The van der Waals surface area contributed by atoms with E-state index in [0.717, 1.165) is 31.0 Å². The molecule has 1 N–H and O–H groups in total. The van der Waals surface area contributed by atoms with E-state index in [1.165, 1.54) is 49.0 Å². The summed E-state index contributed by atoms with van der Waals surface area (Å²) in [6.45, 7) is 6.56. The van der Waals surface area contributed by atoms with Gasteiger partial charge >= 0.3 is 0 Å². The molecule has 2 aliphatic heterocycles. The van der Waals surface area contributed by atoms with Gasteiger partial charge in [-0.05, 0) is 51.9 Å². The molecule has 1 saturated heterocycles. The van der Waals surface area contributed by atoms with Crippen molar-refractivity contribution in [1.29, 1.82) is 0 Å². The summed E-state index contributed by atoms with van der Waals surface area (Å²) < 4.78 is 11.5. The largest absolute Gasteiger partial charge is 0.496 e. The molecule has 1 aromatic rings. The summed E-state index contributed by atoms with van der Waals surface area (Å²) in [5, 5.41) is 3.52. The zero-order valence-corrected chi connectivity index (χ0v) is 14.1. The molecule has 1 fully saturated rings. The summed E-state index contributed by atoms with van der Waals surface area (Å²) in [6, 6.07) is 2.51. The number of hydrogen-bond donors (Lipinski definition) is 1. The van der Waals surface area contributed by atoms with Crippen LogP contribution in [0.4, 0.5) is 0 Å². The fraction of sp³-hybridized carbons (Fsp3) is 0.667. The van der Waals surface area contributed by atoms with Crippen molar-refractivity contribution in [3.8, 4) is 11.5 Å². The van der Waals surface area contributed by atoms with Gasteiger partial charge in [0.15, 0.2) is 0 Å². The molecular formula is C18H28N2O2. The van der Waals surface area contributed by atoms with E-state index < -0.39 is 0 Å². The summed E-state index contributed by atoms with van der Waals surface area (Å²) in [5.74, 6) is 2.08. The fourth-order valence-corrected chi connectivity index (χ4v) is 3.90. The van der Waals surface area contributed by atoms with Crippen molar-refractivity contribution in [3.05, 3.63) is 22.8 Å². The topological polar surface area (TPSA) is 33.7 Å². The molecule has 122 valence electrons. The van der Waals surface area contributed by atoms with E-state index in [2.05, 4.69) is 23.2 Å². The minimum absolute atomic E-state index is 0.316. The van der Waals surface area contributed by atoms with Crippen molar-refractivity contribution in [1.82, 2.24) is 10.2 Å². The average molecular weight is 304 g/mol. The van der Waals surface area contributed by atoms with Crippen molar-refractivity contribution in [2.45, 2.75) is 45.2 Å². The number of piperidine rings is 1. The van der Waals surface area contributed by atoms with E-state index in [0.29, 0.717) is 6.04 Å². The molecule has 3 rings (SSSR count). The molecule has 1 atom stereocenters. The quantitative estimate of drug-likeness (QED) is 0.927. The first-order chi connectivity index (χ1) is 10.7. The van der Waals surface area contributed by atoms with Crippen molar-refractivity contribution in [2.75, 3.05) is 33.9 Å². The first kappa shape index (κ1) is 15.6. The second-order valence-electron chi connectivity index (χ2n) is 6.43. The van der Waals surface area contributed by atoms with Gasteiger partial charge in [0, 0.05) is 29.3 Å². The monoisotopic (exact) mass is 304 g/mol. The Morgan fingerprint density at radius 2 is 1.95 bits per heavy atom. The van der Waals surface area contributed by atoms with Crippen molar-refractivity contribution in [2.24, 2.45) is 0 Å². The van der Waals surface area contributed by atoms with Crippen molar-refractivity contribution < 1.29 is 9.47 Å². The maximum atomic E-state index is 5.82. The predicted molar refractivity (Wildman–Crippen MR) is 88.8 cm³/mol. The zero-order chi connectivity index (χ0) is 15.5. The maximum Gasteiger partial charge on any atom is 0.127 e. The number of ether oxygens (including phenoxy) is 2.